The smallest absolute Gasteiger partial charge is 0.258 e. The third-order valence-corrected chi connectivity index (χ3v) is 7.38. The van der Waals surface area contributed by atoms with Crippen molar-refractivity contribution in [3.63, 3.8) is 0 Å². The first-order valence-electron chi connectivity index (χ1n) is 10.9. The van der Waals surface area contributed by atoms with Crippen LogP contribution in [0.3, 0.4) is 0 Å². The Morgan fingerprint density at radius 2 is 1.82 bits per heavy atom. The molecule has 0 N–H and O–H groups in total. The summed E-state index contributed by atoms with van der Waals surface area (Å²) in [5, 5.41) is 14.2. The molecule has 8 nitrogen and oxygen atoms in total. The first kappa shape index (κ1) is 23.3. The molecule has 0 amide bonds. The number of pyridine rings is 1. The summed E-state index contributed by atoms with van der Waals surface area (Å²) in [5.74, 6) is 0.516. The molecule has 0 bridgehead atoms. The van der Waals surface area contributed by atoms with Crippen molar-refractivity contribution in [2.24, 2.45) is 7.05 Å². The summed E-state index contributed by atoms with van der Waals surface area (Å²) in [6.07, 6.45) is 7.61. The molecule has 9 heteroatoms. The highest BCUT2D eigenvalue weighted by Gasteiger charge is 2.19. The molecule has 0 aliphatic carbocycles. The van der Waals surface area contributed by atoms with Crippen molar-refractivity contribution in [2.45, 2.75) is 25.2 Å². The third-order valence-electron chi connectivity index (χ3n) is 5.64. The minimum atomic E-state index is -3.45. The minimum Gasteiger partial charge on any atom is -0.493 e. The fourth-order valence-electron chi connectivity index (χ4n) is 3.80. The number of nitrogens with zero attached hydrogens (tertiary/aromatic N) is 4. The fraction of sp³-hybridized carbons (Fsp3) is 0.240. The van der Waals surface area contributed by atoms with Crippen LogP contribution in [-0.2, 0) is 16.9 Å². The maximum atomic E-state index is 12.9. The number of rotatable bonds is 7. The van der Waals surface area contributed by atoms with E-state index in [9.17, 15) is 13.2 Å². The van der Waals surface area contributed by atoms with Gasteiger partial charge in [-0.1, -0.05) is 19.9 Å². The quantitative estimate of drug-likeness (QED) is 0.399. The summed E-state index contributed by atoms with van der Waals surface area (Å²) in [6.45, 7) is 4.06. The molecule has 0 fully saturated rings. The van der Waals surface area contributed by atoms with Crippen LogP contribution in [0.1, 0.15) is 20.3 Å². The predicted octanol–water partition coefficient (Wildman–Crippen LogP) is 3.98. The zero-order valence-corrected chi connectivity index (χ0v) is 20.0. The van der Waals surface area contributed by atoms with Crippen LogP contribution in [0.5, 0.6) is 5.75 Å². The van der Waals surface area contributed by atoms with Gasteiger partial charge in [0.25, 0.3) is 5.56 Å². The molecule has 4 rings (SSSR count). The highest BCUT2D eigenvalue weighted by Crippen LogP contribution is 2.37. The lowest BCUT2D eigenvalue weighted by Gasteiger charge is -2.16. The summed E-state index contributed by atoms with van der Waals surface area (Å²) in [5.41, 5.74) is 2.59. The number of aromatic nitrogens is 3. The number of nitriles is 1. The largest absolute Gasteiger partial charge is 0.493 e. The van der Waals surface area contributed by atoms with E-state index in [2.05, 4.69) is 5.10 Å². The summed E-state index contributed by atoms with van der Waals surface area (Å²) in [4.78, 5) is 13.1. The van der Waals surface area contributed by atoms with E-state index in [1.807, 2.05) is 19.2 Å². The van der Waals surface area contributed by atoms with Gasteiger partial charge in [-0.2, -0.15) is 15.0 Å². The molecular weight excluding hydrogens is 452 g/mol. The van der Waals surface area contributed by atoms with Crippen molar-refractivity contribution in [3.8, 4) is 34.2 Å². The number of fused-ring (bicyclic) bond motifs is 1. The zero-order chi connectivity index (χ0) is 24.5. The summed E-state index contributed by atoms with van der Waals surface area (Å²) in [6, 6.07) is 10.2. The lowest BCUT2D eigenvalue weighted by Crippen LogP contribution is -2.16. The van der Waals surface area contributed by atoms with E-state index in [4.69, 9.17) is 10.00 Å². The Balaban J connectivity index is 2.03. The SMILES string of the molecule is CCCOc1ccc(S(=O)(=O)CC)cc1-c1cn(C)c(=O)c2ccc(-c3cnn(C#N)c3)cc12. The van der Waals surface area contributed by atoms with E-state index in [1.54, 1.807) is 62.9 Å². The lowest BCUT2D eigenvalue weighted by atomic mass is 9.97. The predicted molar refractivity (Wildman–Crippen MR) is 130 cm³/mol. The first-order valence-corrected chi connectivity index (χ1v) is 12.5. The van der Waals surface area contributed by atoms with Gasteiger partial charge >= 0.3 is 0 Å². The van der Waals surface area contributed by atoms with Crippen LogP contribution in [0.25, 0.3) is 33.0 Å². The van der Waals surface area contributed by atoms with Gasteiger partial charge in [0.05, 0.1) is 23.5 Å². The van der Waals surface area contributed by atoms with Gasteiger partial charge in [0.2, 0.25) is 6.19 Å². The highest BCUT2D eigenvalue weighted by molar-refractivity contribution is 7.91. The maximum Gasteiger partial charge on any atom is 0.258 e. The second-order valence-corrected chi connectivity index (χ2v) is 10.2. The number of benzene rings is 2. The van der Waals surface area contributed by atoms with E-state index in [1.165, 1.54) is 4.57 Å². The van der Waals surface area contributed by atoms with Gasteiger partial charge in [-0.3, -0.25) is 4.79 Å². The van der Waals surface area contributed by atoms with Crippen LogP contribution in [0, 0.1) is 11.5 Å². The van der Waals surface area contributed by atoms with Crippen LogP contribution < -0.4 is 10.3 Å². The molecule has 2 aromatic carbocycles. The summed E-state index contributed by atoms with van der Waals surface area (Å²) >= 11 is 0. The second-order valence-electron chi connectivity index (χ2n) is 7.90. The van der Waals surface area contributed by atoms with Gasteiger partial charge in [-0.05, 0) is 47.7 Å². The molecule has 0 spiro atoms. The van der Waals surface area contributed by atoms with Crippen molar-refractivity contribution in [3.05, 3.63) is 65.3 Å². The Bertz CT molecular complexity index is 1590. The number of sulfone groups is 1. The van der Waals surface area contributed by atoms with E-state index < -0.39 is 9.84 Å². The van der Waals surface area contributed by atoms with Crippen LogP contribution in [0.15, 0.2) is 64.7 Å². The van der Waals surface area contributed by atoms with E-state index in [0.29, 0.717) is 34.3 Å². The summed E-state index contributed by atoms with van der Waals surface area (Å²) in [7, 11) is -1.79. The Hall–Kier alpha value is -3.90. The number of ether oxygens (including phenoxy) is 1. The van der Waals surface area contributed by atoms with Gasteiger partial charge in [0.1, 0.15) is 5.75 Å². The van der Waals surface area contributed by atoms with Gasteiger partial charge < -0.3 is 9.30 Å². The molecular formula is C25H24N4O4S. The number of hydrogen-bond acceptors (Lipinski definition) is 6. The minimum absolute atomic E-state index is 0.0251. The average molecular weight is 477 g/mol. The topological polar surface area (TPSA) is 107 Å². The van der Waals surface area contributed by atoms with Crippen molar-refractivity contribution >= 4 is 20.6 Å². The average Bonchev–Trinajstić information content (AvgIpc) is 3.34. The molecule has 0 aliphatic heterocycles. The highest BCUT2D eigenvalue weighted by atomic mass is 32.2. The number of aryl methyl sites for hydroxylation is 1. The zero-order valence-electron chi connectivity index (χ0n) is 19.1. The van der Waals surface area contributed by atoms with Crippen LogP contribution in [0.2, 0.25) is 0 Å². The van der Waals surface area contributed by atoms with Gasteiger partial charge in [0.15, 0.2) is 9.84 Å². The molecule has 0 aliphatic rings. The van der Waals surface area contributed by atoms with Crippen LogP contribution >= 0.6 is 0 Å². The van der Waals surface area contributed by atoms with Crippen LogP contribution in [0.4, 0.5) is 0 Å². The van der Waals surface area contributed by atoms with Crippen molar-refractivity contribution < 1.29 is 13.2 Å². The molecule has 2 heterocycles. The summed E-state index contributed by atoms with van der Waals surface area (Å²) < 4.78 is 33.9. The fourth-order valence-corrected chi connectivity index (χ4v) is 4.71. The molecule has 2 aromatic heterocycles. The lowest BCUT2D eigenvalue weighted by molar-refractivity contribution is 0.318. The first-order chi connectivity index (χ1) is 16.3. The monoisotopic (exact) mass is 476 g/mol. The molecule has 0 atom stereocenters. The third kappa shape index (κ3) is 4.20. The Morgan fingerprint density at radius 1 is 1.03 bits per heavy atom. The Morgan fingerprint density at radius 3 is 2.50 bits per heavy atom. The molecule has 0 saturated carbocycles. The Labute approximate surface area is 197 Å². The number of hydrogen-bond donors (Lipinski definition) is 0. The van der Waals surface area contributed by atoms with E-state index in [0.717, 1.165) is 22.2 Å². The van der Waals surface area contributed by atoms with Gasteiger partial charge in [-0.15, -0.1) is 0 Å². The molecule has 0 saturated heterocycles. The van der Waals surface area contributed by atoms with Crippen LogP contribution in [-0.4, -0.2) is 35.1 Å². The van der Waals surface area contributed by atoms with Crippen molar-refractivity contribution in [1.82, 2.24) is 14.3 Å². The molecule has 0 unspecified atom stereocenters. The van der Waals surface area contributed by atoms with Crippen molar-refractivity contribution in [1.29, 1.82) is 5.26 Å². The normalized spacial score (nSPS) is 11.5. The molecule has 174 valence electrons. The van der Waals surface area contributed by atoms with Gasteiger partial charge in [0, 0.05) is 41.5 Å². The van der Waals surface area contributed by atoms with Gasteiger partial charge in [-0.25, -0.2) is 8.42 Å². The van der Waals surface area contributed by atoms with E-state index in [-0.39, 0.29) is 16.2 Å². The molecule has 4 aromatic rings. The maximum absolute atomic E-state index is 12.9. The molecule has 0 radical (unpaired) electrons. The Kier molecular flexibility index (Phi) is 6.26. The van der Waals surface area contributed by atoms with E-state index >= 15 is 0 Å². The standard InChI is InChI=1S/C25H24N4O4S/c1-4-10-33-24-9-7-19(34(31,32)5-2)12-22(24)23-15-28(3)25(30)20-8-6-17(11-21(20)23)18-13-27-29(14-18)16-26/h6-9,11-15H,4-5,10H2,1-3H3. The van der Waals surface area contributed by atoms with Crippen molar-refractivity contribution in [2.75, 3.05) is 12.4 Å². The second kappa shape index (κ2) is 9.15. The molecule has 34 heavy (non-hydrogen) atoms.